The monoisotopic (exact) mass is 426 g/mol. The van der Waals surface area contributed by atoms with Gasteiger partial charge in [-0.15, -0.1) is 0 Å². The van der Waals surface area contributed by atoms with Crippen molar-refractivity contribution in [1.82, 2.24) is 9.97 Å². The summed E-state index contributed by atoms with van der Waals surface area (Å²) in [5.41, 5.74) is 9.20. The van der Waals surface area contributed by atoms with E-state index in [1.807, 2.05) is 0 Å². The summed E-state index contributed by atoms with van der Waals surface area (Å²) in [4.78, 5) is 9.32. The molecule has 0 unspecified atom stereocenters. The summed E-state index contributed by atoms with van der Waals surface area (Å²) in [7, 11) is 0. The van der Waals surface area contributed by atoms with Crippen molar-refractivity contribution in [3.8, 4) is 0 Å². The van der Waals surface area contributed by atoms with E-state index in [-0.39, 0.29) is 0 Å². The molecule has 2 N–H and O–H groups in total. The van der Waals surface area contributed by atoms with Gasteiger partial charge in [0.25, 0.3) is 0 Å². The molecule has 0 aliphatic carbocycles. The van der Waals surface area contributed by atoms with E-state index >= 15 is 0 Å². The standard InChI is InChI=1S/C28H34N4/c1-19-9-11-25-23(15-19)27(17-21(3)31-25)29-13-7-5-6-8-14-30-28-18-22(4)32-26-12-10-20(2)16-24(26)28/h9-12,15-18H,5-8,13-14H2,1-4H3,(H,29,31)(H,30,32). The van der Waals surface area contributed by atoms with Gasteiger partial charge in [-0.3, -0.25) is 9.97 Å². The molecule has 0 spiro atoms. The Morgan fingerprint density at radius 2 is 1.00 bits per heavy atom. The normalized spacial score (nSPS) is 11.2. The zero-order valence-electron chi connectivity index (χ0n) is 19.8. The molecule has 2 aromatic heterocycles. The molecule has 0 amide bonds. The van der Waals surface area contributed by atoms with E-state index in [0.717, 1.165) is 35.5 Å². The van der Waals surface area contributed by atoms with E-state index in [1.54, 1.807) is 0 Å². The minimum Gasteiger partial charge on any atom is -0.384 e. The first-order valence-corrected chi connectivity index (χ1v) is 11.7. The van der Waals surface area contributed by atoms with E-state index in [0.29, 0.717) is 0 Å². The minimum absolute atomic E-state index is 0.993. The lowest BCUT2D eigenvalue weighted by molar-refractivity contribution is 0.671. The fraction of sp³-hybridized carbons (Fsp3) is 0.357. The number of rotatable bonds is 9. The third-order valence-electron chi connectivity index (χ3n) is 5.92. The molecular formula is C28H34N4. The number of pyridine rings is 2. The van der Waals surface area contributed by atoms with Gasteiger partial charge >= 0.3 is 0 Å². The van der Waals surface area contributed by atoms with Crippen LogP contribution in [0.3, 0.4) is 0 Å². The molecule has 0 saturated heterocycles. The minimum atomic E-state index is 0.993. The first-order valence-electron chi connectivity index (χ1n) is 11.7. The second-order valence-electron chi connectivity index (χ2n) is 8.93. The number of fused-ring (bicyclic) bond motifs is 2. The molecule has 0 radical (unpaired) electrons. The lowest BCUT2D eigenvalue weighted by Crippen LogP contribution is -2.05. The number of unbranched alkanes of at least 4 members (excludes halogenated alkanes) is 3. The largest absolute Gasteiger partial charge is 0.384 e. The Bertz CT molecular complexity index is 1130. The summed E-state index contributed by atoms with van der Waals surface area (Å²) in [6, 6.07) is 17.3. The van der Waals surface area contributed by atoms with Gasteiger partial charge in [-0.2, -0.15) is 0 Å². The zero-order chi connectivity index (χ0) is 22.5. The molecule has 0 fully saturated rings. The number of hydrogen-bond donors (Lipinski definition) is 2. The Kier molecular flexibility index (Phi) is 6.89. The number of anilines is 2. The summed E-state index contributed by atoms with van der Waals surface area (Å²) in [5.74, 6) is 0. The lowest BCUT2D eigenvalue weighted by atomic mass is 10.1. The number of hydrogen-bond acceptors (Lipinski definition) is 4. The average molecular weight is 427 g/mol. The number of aryl methyl sites for hydroxylation is 4. The van der Waals surface area contributed by atoms with Gasteiger partial charge in [-0.1, -0.05) is 36.1 Å². The first-order chi connectivity index (χ1) is 15.5. The summed E-state index contributed by atoms with van der Waals surface area (Å²) in [5, 5.41) is 9.72. The topological polar surface area (TPSA) is 49.8 Å². The molecule has 32 heavy (non-hydrogen) atoms. The fourth-order valence-electron chi connectivity index (χ4n) is 4.29. The van der Waals surface area contributed by atoms with Crippen LogP contribution in [0.2, 0.25) is 0 Å². The predicted molar refractivity (Wildman–Crippen MR) is 138 cm³/mol. The van der Waals surface area contributed by atoms with Gasteiger partial charge in [-0.05, 0) is 76.9 Å². The molecule has 4 heteroatoms. The highest BCUT2D eigenvalue weighted by atomic mass is 14.9. The average Bonchev–Trinajstić information content (AvgIpc) is 2.76. The lowest BCUT2D eigenvalue weighted by Gasteiger charge is -2.12. The SMILES string of the molecule is Cc1ccc2nc(C)cc(NCCCCCCNc3cc(C)nc4ccc(C)cc34)c2c1. The molecular weight excluding hydrogens is 392 g/mol. The Morgan fingerprint density at radius 3 is 1.44 bits per heavy atom. The van der Waals surface area contributed by atoms with Crippen LogP contribution in [0.15, 0.2) is 48.5 Å². The molecule has 0 bridgehead atoms. The number of nitrogens with one attached hydrogen (secondary N) is 2. The van der Waals surface area contributed by atoms with Crippen LogP contribution in [0.5, 0.6) is 0 Å². The smallest absolute Gasteiger partial charge is 0.0726 e. The Morgan fingerprint density at radius 1 is 0.562 bits per heavy atom. The second-order valence-corrected chi connectivity index (χ2v) is 8.93. The maximum atomic E-state index is 4.66. The van der Waals surface area contributed by atoms with E-state index in [2.05, 4.69) is 96.8 Å². The van der Waals surface area contributed by atoms with Crippen molar-refractivity contribution in [3.05, 3.63) is 71.0 Å². The van der Waals surface area contributed by atoms with Gasteiger partial charge in [0, 0.05) is 46.6 Å². The maximum absolute atomic E-state index is 4.66. The maximum Gasteiger partial charge on any atom is 0.0726 e. The first kappa shape index (κ1) is 22.1. The number of aromatic nitrogens is 2. The Hall–Kier alpha value is -3.14. The highest BCUT2D eigenvalue weighted by Gasteiger charge is 2.05. The number of benzene rings is 2. The Balaban J connectivity index is 1.23. The summed E-state index contributed by atoms with van der Waals surface area (Å²) >= 11 is 0. The molecule has 4 rings (SSSR count). The van der Waals surface area contributed by atoms with Crippen LogP contribution in [0.25, 0.3) is 21.8 Å². The summed E-state index contributed by atoms with van der Waals surface area (Å²) in [6.07, 6.45) is 4.80. The van der Waals surface area contributed by atoms with E-state index < -0.39 is 0 Å². The molecule has 4 nitrogen and oxygen atoms in total. The van der Waals surface area contributed by atoms with Gasteiger partial charge in [0.1, 0.15) is 0 Å². The third-order valence-corrected chi connectivity index (χ3v) is 5.92. The highest BCUT2D eigenvalue weighted by molar-refractivity contribution is 5.92. The van der Waals surface area contributed by atoms with Gasteiger partial charge in [0.2, 0.25) is 0 Å². The van der Waals surface area contributed by atoms with Crippen molar-refractivity contribution in [2.24, 2.45) is 0 Å². The second kappa shape index (κ2) is 9.99. The molecule has 4 aromatic rings. The summed E-state index contributed by atoms with van der Waals surface area (Å²) < 4.78 is 0. The molecule has 2 aromatic carbocycles. The van der Waals surface area contributed by atoms with E-state index in [1.165, 1.54) is 59.0 Å². The fourth-order valence-corrected chi connectivity index (χ4v) is 4.29. The van der Waals surface area contributed by atoms with Crippen molar-refractivity contribution in [1.29, 1.82) is 0 Å². The molecule has 2 heterocycles. The molecule has 166 valence electrons. The quantitative estimate of drug-likeness (QED) is 0.280. The third kappa shape index (κ3) is 5.37. The van der Waals surface area contributed by atoms with Crippen molar-refractivity contribution in [3.63, 3.8) is 0 Å². The van der Waals surface area contributed by atoms with Gasteiger partial charge < -0.3 is 10.6 Å². The van der Waals surface area contributed by atoms with Gasteiger partial charge in [-0.25, -0.2) is 0 Å². The van der Waals surface area contributed by atoms with Crippen LogP contribution in [0, 0.1) is 27.7 Å². The van der Waals surface area contributed by atoms with Crippen LogP contribution in [-0.4, -0.2) is 23.1 Å². The molecule has 0 aliphatic heterocycles. The van der Waals surface area contributed by atoms with Crippen LogP contribution in [0.1, 0.15) is 48.2 Å². The van der Waals surface area contributed by atoms with Crippen LogP contribution >= 0.6 is 0 Å². The molecule has 0 saturated carbocycles. The van der Waals surface area contributed by atoms with Crippen LogP contribution in [-0.2, 0) is 0 Å². The van der Waals surface area contributed by atoms with Gasteiger partial charge in [0.05, 0.1) is 11.0 Å². The van der Waals surface area contributed by atoms with E-state index in [4.69, 9.17) is 0 Å². The van der Waals surface area contributed by atoms with Crippen molar-refractivity contribution in [2.45, 2.75) is 53.4 Å². The van der Waals surface area contributed by atoms with Crippen LogP contribution in [0.4, 0.5) is 11.4 Å². The van der Waals surface area contributed by atoms with Crippen molar-refractivity contribution in [2.75, 3.05) is 23.7 Å². The Labute approximate surface area is 191 Å². The molecule has 0 atom stereocenters. The van der Waals surface area contributed by atoms with E-state index in [9.17, 15) is 0 Å². The number of nitrogens with zero attached hydrogens (tertiary/aromatic N) is 2. The van der Waals surface area contributed by atoms with Crippen molar-refractivity contribution < 1.29 is 0 Å². The highest BCUT2D eigenvalue weighted by Crippen LogP contribution is 2.25. The molecule has 0 aliphatic rings. The van der Waals surface area contributed by atoms with Crippen molar-refractivity contribution >= 4 is 33.2 Å². The summed E-state index contributed by atoms with van der Waals surface area (Å²) in [6.45, 7) is 10.4. The predicted octanol–water partition coefficient (Wildman–Crippen LogP) is 7.10. The van der Waals surface area contributed by atoms with Gasteiger partial charge in [0.15, 0.2) is 0 Å². The zero-order valence-corrected chi connectivity index (χ0v) is 19.8. The van der Waals surface area contributed by atoms with Crippen LogP contribution < -0.4 is 10.6 Å².